The van der Waals surface area contributed by atoms with Crippen LogP contribution >= 0.6 is 22.9 Å². The molecule has 1 N–H and O–H groups in total. The highest BCUT2D eigenvalue weighted by molar-refractivity contribution is 7.14. The van der Waals surface area contributed by atoms with Crippen molar-refractivity contribution in [1.82, 2.24) is 4.98 Å². The van der Waals surface area contributed by atoms with Gasteiger partial charge in [0.2, 0.25) is 0 Å². The lowest BCUT2D eigenvalue weighted by atomic mass is 10.1. The third-order valence-corrected chi connectivity index (χ3v) is 5.36. The van der Waals surface area contributed by atoms with Crippen molar-refractivity contribution < 1.29 is 19.1 Å². The zero-order chi connectivity index (χ0) is 20.4. The van der Waals surface area contributed by atoms with Crippen molar-refractivity contribution in [2.75, 3.05) is 30.5 Å². The van der Waals surface area contributed by atoms with E-state index in [1.807, 2.05) is 23.6 Å². The molecule has 0 saturated heterocycles. The van der Waals surface area contributed by atoms with Crippen LogP contribution in [0.3, 0.4) is 0 Å². The molecule has 0 bridgehead atoms. The summed E-state index contributed by atoms with van der Waals surface area (Å²) in [6, 6.07) is 12.5. The monoisotopic (exact) mass is 429 g/mol. The molecular formula is C20H16ClN3O4S. The molecule has 2 aromatic carbocycles. The van der Waals surface area contributed by atoms with E-state index in [9.17, 15) is 9.59 Å². The summed E-state index contributed by atoms with van der Waals surface area (Å²) in [5, 5.41) is 5.43. The van der Waals surface area contributed by atoms with Gasteiger partial charge in [-0.15, -0.1) is 11.3 Å². The molecule has 2 amide bonds. The molecule has 3 aromatic rings. The van der Waals surface area contributed by atoms with Crippen molar-refractivity contribution in [2.24, 2.45) is 0 Å². The summed E-state index contributed by atoms with van der Waals surface area (Å²) in [4.78, 5) is 30.0. The van der Waals surface area contributed by atoms with Gasteiger partial charge in [-0.05, 0) is 30.3 Å². The van der Waals surface area contributed by atoms with Crippen LogP contribution in [0.1, 0.15) is 0 Å². The third-order valence-electron chi connectivity index (χ3n) is 4.29. The van der Waals surface area contributed by atoms with Gasteiger partial charge in [0.15, 0.2) is 18.3 Å². The number of aromatic nitrogens is 1. The second kappa shape index (κ2) is 8.10. The van der Waals surface area contributed by atoms with E-state index in [0.717, 1.165) is 5.56 Å². The SMILES string of the molecule is CN1C(=O)COc2ccc(-c3csc(NC(=O)COc4ccccc4Cl)n3)cc21. The third kappa shape index (κ3) is 4.18. The van der Waals surface area contributed by atoms with Gasteiger partial charge in [-0.1, -0.05) is 23.7 Å². The fraction of sp³-hybridized carbons (Fsp3) is 0.150. The van der Waals surface area contributed by atoms with Gasteiger partial charge in [0.1, 0.15) is 11.5 Å². The maximum atomic E-state index is 12.1. The van der Waals surface area contributed by atoms with E-state index >= 15 is 0 Å². The molecule has 9 heteroatoms. The van der Waals surface area contributed by atoms with Crippen LogP contribution in [0.4, 0.5) is 10.8 Å². The molecule has 1 aliphatic rings. The first-order valence-corrected chi connectivity index (χ1v) is 9.93. The van der Waals surface area contributed by atoms with Crippen molar-refractivity contribution in [3.8, 4) is 22.8 Å². The van der Waals surface area contributed by atoms with E-state index in [2.05, 4.69) is 10.3 Å². The van der Waals surface area contributed by atoms with E-state index in [1.165, 1.54) is 11.3 Å². The number of hydrogen-bond acceptors (Lipinski definition) is 6. The van der Waals surface area contributed by atoms with E-state index in [-0.39, 0.29) is 25.0 Å². The van der Waals surface area contributed by atoms with E-state index in [4.69, 9.17) is 21.1 Å². The van der Waals surface area contributed by atoms with Crippen molar-refractivity contribution in [2.45, 2.75) is 0 Å². The molecule has 0 saturated carbocycles. The highest BCUT2D eigenvalue weighted by atomic mass is 35.5. The van der Waals surface area contributed by atoms with Crippen LogP contribution in [0.25, 0.3) is 11.3 Å². The minimum atomic E-state index is -0.338. The summed E-state index contributed by atoms with van der Waals surface area (Å²) >= 11 is 7.31. The van der Waals surface area contributed by atoms with Crippen LogP contribution in [0.5, 0.6) is 11.5 Å². The lowest BCUT2D eigenvalue weighted by Gasteiger charge is -2.26. The Morgan fingerprint density at radius 2 is 2.17 bits per heavy atom. The van der Waals surface area contributed by atoms with Crippen molar-refractivity contribution in [3.05, 3.63) is 52.9 Å². The molecule has 7 nitrogen and oxygen atoms in total. The number of amides is 2. The molecule has 0 unspecified atom stereocenters. The highest BCUT2D eigenvalue weighted by Gasteiger charge is 2.23. The zero-order valence-corrected chi connectivity index (χ0v) is 16.9. The lowest BCUT2D eigenvalue weighted by Crippen LogP contribution is -2.35. The average molecular weight is 430 g/mol. The predicted molar refractivity (Wildman–Crippen MR) is 112 cm³/mol. The number of anilines is 2. The molecular weight excluding hydrogens is 414 g/mol. The molecule has 4 rings (SSSR count). The zero-order valence-electron chi connectivity index (χ0n) is 15.3. The Hall–Kier alpha value is -3.10. The topological polar surface area (TPSA) is 80.8 Å². The van der Waals surface area contributed by atoms with Crippen LogP contribution in [0, 0.1) is 0 Å². The van der Waals surface area contributed by atoms with Gasteiger partial charge in [-0.3, -0.25) is 14.9 Å². The maximum Gasteiger partial charge on any atom is 0.264 e. The predicted octanol–water partition coefficient (Wildman–Crippen LogP) is 3.84. The number of hydrogen-bond donors (Lipinski definition) is 1. The largest absolute Gasteiger partial charge is 0.482 e. The lowest BCUT2D eigenvalue weighted by molar-refractivity contribution is -0.121. The number of fused-ring (bicyclic) bond motifs is 1. The smallest absolute Gasteiger partial charge is 0.264 e. The van der Waals surface area contributed by atoms with Gasteiger partial charge >= 0.3 is 0 Å². The van der Waals surface area contributed by atoms with Crippen molar-refractivity contribution >= 4 is 45.6 Å². The second-order valence-electron chi connectivity index (χ2n) is 6.23. The number of ether oxygens (including phenoxy) is 2. The number of nitrogens with zero attached hydrogens (tertiary/aromatic N) is 2. The molecule has 0 spiro atoms. The van der Waals surface area contributed by atoms with Gasteiger partial charge in [-0.25, -0.2) is 4.98 Å². The summed E-state index contributed by atoms with van der Waals surface area (Å²) < 4.78 is 10.9. The minimum absolute atomic E-state index is 0.0337. The number of carbonyl (C=O) groups is 2. The van der Waals surface area contributed by atoms with Gasteiger partial charge in [0, 0.05) is 18.0 Å². The number of thiazole rings is 1. The van der Waals surface area contributed by atoms with Gasteiger partial charge in [0.25, 0.3) is 11.8 Å². The van der Waals surface area contributed by atoms with Crippen molar-refractivity contribution in [1.29, 1.82) is 0 Å². The normalized spacial score (nSPS) is 12.9. The minimum Gasteiger partial charge on any atom is -0.482 e. The average Bonchev–Trinajstić information content (AvgIpc) is 3.18. The summed E-state index contributed by atoms with van der Waals surface area (Å²) in [7, 11) is 1.71. The Morgan fingerprint density at radius 1 is 1.34 bits per heavy atom. The molecule has 1 aliphatic heterocycles. The van der Waals surface area contributed by atoms with Crippen LogP contribution in [0.15, 0.2) is 47.8 Å². The van der Waals surface area contributed by atoms with Crippen molar-refractivity contribution in [3.63, 3.8) is 0 Å². The van der Waals surface area contributed by atoms with Crippen LogP contribution in [-0.4, -0.2) is 37.1 Å². The molecule has 29 heavy (non-hydrogen) atoms. The Labute approximate surface area is 175 Å². The Balaban J connectivity index is 1.43. The standard InChI is InChI=1S/C20H16ClN3O4S/c1-24-15-8-12(6-7-17(15)28-10-19(24)26)14-11-29-20(22-14)23-18(25)9-27-16-5-3-2-4-13(16)21/h2-8,11H,9-10H2,1H3,(H,22,23,25). The molecule has 148 valence electrons. The Morgan fingerprint density at radius 3 is 3.00 bits per heavy atom. The van der Waals surface area contributed by atoms with Gasteiger partial charge in [0.05, 0.1) is 16.4 Å². The first-order valence-electron chi connectivity index (χ1n) is 8.68. The fourth-order valence-corrected chi connectivity index (χ4v) is 3.68. The number of carbonyl (C=O) groups excluding carboxylic acids is 2. The van der Waals surface area contributed by atoms with Crippen LogP contribution in [-0.2, 0) is 9.59 Å². The Bertz CT molecular complexity index is 1090. The van der Waals surface area contributed by atoms with Crippen LogP contribution < -0.4 is 19.7 Å². The second-order valence-corrected chi connectivity index (χ2v) is 7.49. The molecule has 1 aromatic heterocycles. The van der Waals surface area contributed by atoms with Gasteiger partial charge in [-0.2, -0.15) is 0 Å². The molecule has 2 heterocycles. The quantitative estimate of drug-likeness (QED) is 0.666. The number of para-hydroxylation sites is 1. The first-order chi connectivity index (χ1) is 14.0. The summed E-state index contributed by atoms with van der Waals surface area (Å²) in [5.41, 5.74) is 2.19. The fourth-order valence-electron chi connectivity index (χ4n) is 2.76. The maximum absolute atomic E-state index is 12.1. The van der Waals surface area contributed by atoms with Crippen LogP contribution in [0.2, 0.25) is 5.02 Å². The number of rotatable bonds is 5. The van der Waals surface area contributed by atoms with E-state index < -0.39 is 0 Å². The molecule has 0 atom stereocenters. The Kier molecular flexibility index (Phi) is 5.37. The number of nitrogens with one attached hydrogen (secondary N) is 1. The molecule has 0 radical (unpaired) electrons. The van der Waals surface area contributed by atoms with E-state index in [1.54, 1.807) is 36.2 Å². The summed E-state index contributed by atoms with van der Waals surface area (Å²) in [6.45, 7) is -0.145. The number of benzene rings is 2. The summed E-state index contributed by atoms with van der Waals surface area (Å²) in [6.07, 6.45) is 0. The van der Waals surface area contributed by atoms with E-state index in [0.29, 0.717) is 33.0 Å². The van der Waals surface area contributed by atoms with Gasteiger partial charge < -0.3 is 14.4 Å². The highest BCUT2D eigenvalue weighted by Crippen LogP contribution is 2.36. The number of likely N-dealkylation sites (N-methyl/N-ethyl adjacent to an activating group) is 1. The first kappa shape index (κ1) is 19.2. The summed E-state index contributed by atoms with van der Waals surface area (Å²) in [5.74, 6) is 0.643. The number of halogens is 1. The molecule has 0 aliphatic carbocycles. The molecule has 0 fully saturated rings.